The van der Waals surface area contributed by atoms with Gasteiger partial charge in [0, 0.05) is 24.4 Å². The lowest BCUT2D eigenvalue weighted by atomic mass is 9.93. The smallest absolute Gasteiger partial charge is 0.354 e. The highest BCUT2D eigenvalue weighted by atomic mass is 16.5. The van der Waals surface area contributed by atoms with Gasteiger partial charge in [-0.1, -0.05) is 0 Å². The number of carbonyl (C=O) groups is 2. The van der Waals surface area contributed by atoms with Gasteiger partial charge >= 0.3 is 12.0 Å². The fraction of sp³-hybridized carbons (Fsp3) is 0.538. The lowest BCUT2D eigenvalue weighted by Crippen LogP contribution is -2.51. The first kappa shape index (κ1) is 14.4. The van der Waals surface area contributed by atoms with E-state index in [0.29, 0.717) is 18.9 Å². The van der Waals surface area contributed by atoms with Crippen molar-refractivity contribution in [2.45, 2.75) is 32.2 Å². The first-order valence-electron chi connectivity index (χ1n) is 6.49. The SMILES string of the molecule is Cc1cc(NC(=O)NC2(C)CCOCC2)c(C(=O)O)[nH]1. The molecular weight excluding hydrogens is 262 g/mol. The summed E-state index contributed by atoms with van der Waals surface area (Å²) in [6.07, 6.45) is 1.47. The number of carbonyl (C=O) groups excluding carboxylic acids is 1. The molecule has 0 unspecified atom stereocenters. The summed E-state index contributed by atoms with van der Waals surface area (Å²) in [6.45, 7) is 4.91. The number of aryl methyl sites for hydroxylation is 1. The van der Waals surface area contributed by atoms with E-state index in [0.717, 1.165) is 12.8 Å². The van der Waals surface area contributed by atoms with E-state index in [1.165, 1.54) is 0 Å². The Morgan fingerprint density at radius 1 is 1.40 bits per heavy atom. The maximum atomic E-state index is 12.0. The van der Waals surface area contributed by atoms with Gasteiger partial charge in [-0.2, -0.15) is 0 Å². The van der Waals surface area contributed by atoms with Gasteiger partial charge in [-0.15, -0.1) is 0 Å². The zero-order valence-electron chi connectivity index (χ0n) is 11.6. The Bertz CT molecular complexity index is 518. The summed E-state index contributed by atoms with van der Waals surface area (Å²) in [4.78, 5) is 25.8. The maximum absolute atomic E-state index is 12.0. The number of hydrogen-bond acceptors (Lipinski definition) is 3. The van der Waals surface area contributed by atoms with E-state index in [1.54, 1.807) is 13.0 Å². The highest BCUT2D eigenvalue weighted by Crippen LogP contribution is 2.21. The molecule has 0 spiro atoms. The number of rotatable bonds is 3. The Hall–Kier alpha value is -2.02. The highest BCUT2D eigenvalue weighted by Gasteiger charge is 2.29. The molecule has 7 nitrogen and oxygen atoms in total. The van der Waals surface area contributed by atoms with E-state index in [2.05, 4.69) is 15.6 Å². The van der Waals surface area contributed by atoms with Gasteiger partial charge in [-0.3, -0.25) is 0 Å². The van der Waals surface area contributed by atoms with Crippen molar-refractivity contribution in [3.8, 4) is 0 Å². The lowest BCUT2D eigenvalue weighted by Gasteiger charge is -2.34. The first-order valence-corrected chi connectivity index (χ1v) is 6.49. The summed E-state index contributed by atoms with van der Waals surface area (Å²) in [7, 11) is 0. The van der Waals surface area contributed by atoms with Crippen LogP contribution in [0.15, 0.2) is 6.07 Å². The number of nitrogens with one attached hydrogen (secondary N) is 3. The zero-order chi connectivity index (χ0) is 14.8. The van der Waals surface area contributed by atoms with Crippen LogP contribution in [0.1, 0.15) is 35.9 Å². The van der Waals surface area contributed by atoms with Crippen molar-refractivity contribution in [2.75, 3.05) is 18.5 Å². The van der Waals surface area contributed by atoms with E-state index in [9.17, 15) is 9.59 Å². The number of carboxylic acids is 1. The topological polar surface area (TPSA) is 103 Å². The Balaban J connectivity index is 2.02. The van der Waals surface area contributed by atoms with Gasteiger partial charge in [0.05, 0.1) is 5.69 Å². The van der Waals surface area contributed by atoms with Crippen LogP contribution in [-0.2, 0) is 4.74 Å². The van der Waals surface area contributed by atoms with Crippen LogP contribution in [0.4, 0.5) is 10.5 Å². The summed E-state index contributed by atoms with van der Waals surface area (Å²) >= 11 is 0. The summed E-state index contributed by atoms with van der Waals surface area (Å²) < 4.78 is 5.26. The average molecular weight is 281 g/mol. The molecule has 1 aliphatic heterocycles. The second kappa shape index (κ2) is 5.54. The number of aromatic nitrogens is 1. The number of H-pyrrole nitrogens is 1. The molecule has 0 atom stereocenters. The highest BCUT2D eigenvalue weighted by molar-refractivity contribution is 5.99. The Kier molecular flexibility index (Phi) is 3.99. The molecule has 1 aromatic heterocycles. The second-order valence-corrected chi connectivity index (χ2v) is 5.30. The van der Waals surface area contributed by atoms with Crippen LogP contribution in [0, 0.1) is 6.92 Å². The van der Waals surface area contributed by atoms with Crippen LogP contribution in [0.3, 0.4) is 0 Å². The van der Waals surface area contributed by atoms with E-state index in [4.69, 9.17) is 9.84 Å². The molecule has 4 N–H and O–H groups in total. The summed E-state index contributed by atoms with van der Waals surface area (Å²) in [5.74, 6) is -1.11. The molecular formula is C13H19N3O4. The van der Waals surface area contributed by atoms with Crippen LogP contribution in [0.25, 0.3) is 0 Å². The fourth-order valence-corrected chi connectivity index (χ4v) is 2.23. The number of aromatic carboxylic acids is 1. The quantitative estimate of drug-likeness (QED) is 0.677. The zero-order valence-corrected chi connectivity index (χ0v) is 11.6. The molecule has 0 aromatic carbocycles. The summed E-state index contributed by atoms with van der Waals surface area (Å²) in [5, 5.41) is 14.5. The first-order chi connectivity index (χ1) is 9.39. The van der Waals surface area contributed by atoms with E-state index in [-0.39, 0.29) is 16.9 Å². The van der Waals surface area contributed by atoms with Gasteiger partial charge in [0.2, 0.25) is 0 Å². The van der Waals surface area contributed by atoms with Crippen LogP contribution < -0.4 is 10.6 Å². The number of carboxylic acid groups (broad SMARTS) is 1. The maximum Gasteiger partial charge on any atom is 0.354 e. The van der Waals surface area contributed by atoms with Gasteiger partial charge < -0.3 is 25.5 Å². The van der Waals surface area contributed by atoms with Crippen molar-refractivity contribution in [1.82, 2.24) is 10.3 Å². The van der Waals surface area contributed by atoms with Crippen molar-refractivity contribution in [1.29, 1.82) is 0 Å². The molecule has 1 aromatic rings. The molecule has 1 saturated heterocycles. The number of aromatic amines is 1. The van der Waals surface area contributed by atoms with Gasteiger partial charge in [0.25, 0.3) is 0 Å². The number of hydrogen-bond donors (Lipinski definition) is 4. The van der Waals surface area contributed by atoms with Crippen LogP contribution >= 0.6 is 0 Å². The molecule has 1 aliphatic rings. The van der Waals surface area contributed by atoms with Gasteiger partial charge in [-0.25, -0.2) is 9.59 Å². The van der Waals surface area contributed by atoms with Gasteiger partial charge in [0.1, 0.15) is 5.69 Å². The molecule has 2 rings (SSSR count). The minimum atomic E-state index is -1.11. The van der Waals surface area contributed by atoms with E-state index in [1.807, 2.05) is 6.92 Å². The molecule has 20 heavy (non-hydrogen) atoms. The van der Waals surface area contributed by atoms with E-state index < -0.39 is 12.0 Å². The number of amides is 2. The van der Waals surface area contributed by atoms with E-state index >= 15 is 0 Å². The van der Waals surface area contributed by atoms with Crippen molar-refractivity contribution < 1.29 is 19.4 Å². The Morgan fingerprint density at radius 3 is 2.65 bits per heavy atom. The largest absolute Gasteiger partial charge is 0.477 e. The van der Waals surface area contributed by atoms with Crippen LogP contribution in [0.5, 0.6) is 0 Å². The monoisotopic (exact) mass is 281 g/mol. The minimum absolute atomic E-state index is 0.0187. The fourth-order valence-electron chi connectivity index (χ4n) is 2.23. The van der Waals surface area contributed by atoms with Crippen molar-refractivity contribution in [3.63, 3.8) is 0 Å². The van der Waals surface area contributed by atoms with Gasteiger partial charge in [-0.05, 0) is 32.8 Å². The molecule has 0 saturated carbocycles. The Morgan fingerprint density at radius 2 is 2.05 bits per heavy atom. The third kappa shape index (κ3) is 3.30. The molecule has 7 heteroatoms. The molecule has 0 bridgehead atoms. The lowest BCUT2D eigenvalue weighted by molar-refractivity contribution is 0.0499. The van der Waals surface area contributed by atoms with Crippen LogP contribution in [0.2, 0.25) is 0 Å². The molecule has 2 heterocycles. The van der Waals surface area contributed by atoms with Crippen molar-refractivity contribution >= 4 is 17.7 Å². The van der Waals surface area contributed by atoms with Crippen molar-refractivity contribution in [2.24, 2.45) is 0 Å². The predicted octanol–water partition coefficient (Wildman–Crippen LogP) is 1.71. The molecule has 110 valence electrons. The third-order valence-corrected chi connectivity index (χ3v) is 3.43. The standard InChI is InChI=1S/C13H19N3O4/c1-8-7-9(10(14-8)11(17)18)15-12(19)16-13(2)3-5-20-6-4-13/h7,14H,3-6H2,1-2H3,(H,17,18)(H2,15,16,19). The third-order valence-electron chi connectivity index (χ3n) is 3.43. The molecule has 2 amide bonds. The van der Waals surface area contributed by atoms with Gasteiger partial charge in [0.15, 0.2) is 0 Å². The molecule has 0 radical (unpaired) electrons. The average Bonchev–Trinajstić information content (AvgIpc) is 2.70. The normalized spacial score (nSPS) is 17.5. The van der Waals surface area contributed by atoms with Crippen LogP contribution in [-0.4, -0.2) is 40.8 Å². The summed E-state index contributed by atoms with van der Waals surface area (Å²) in [6, 6.07) is 1.19. The predicted molar refractivity (Wildman–Crippen MR) is 73.1 cm³/mol. The molecule has 1 fully saturated rings. The summed E-state index contributed by atoms with van der Waals surface area (Å²) in [5.41, 5.74) is 0.602. The molecule has 0 aliphatic carbocycles. The Labute approximate surface area is 116 Å². The number of urea groups is 1. The number of anilines is 1. The van der Waals surface area contributed by atoms with Crippen molar-refractivity contribution in [3.05, 3.63) is 17.5 Å². The minimum Gasteiger partial charge on any atom is -0.477 e. The number of ether oxygens (including phenoxy) is 1. The second-order valence-electron chi connectivity index (χ2n) is 5.30.